The molecule has 1 heterocycles. The van der Waals surface area contributed by atoms with Crippen molar-refractivity contribution >= 4 is 5.82 Å². The molecule has 0 saturated carbocycles. The van der Waals surface area contributed by atoms with Crippen LogP contribution in [0, 0.1) is 18.3 Å². The van der Waals surface area contributed by atoms with Gasteiger partial charge in [-0.05, 0) is 12.5 Å². The summed E-state index contributed by atoms with van der Waals surface area (Å²) in [6.07, 6.45) is 3.08. The van der Waals surface area contributed by atoms with Crippen molar-refractivity contribution in [3.8, 4) is 6.07 Å². The van der Waals surface area contributed by atoms with E-state index in [4.69, 9.17) is 5.26 Å². The standard InChI is InChI=1S/C13H12N4/c1-10-3-2-4-11(7-10)9-17-13-12(8-14)15-5-6-16-13/h2-7H,9H2,1H3,(H,16,17). The predicted molar refractivity (Wildman–Crippen MR) is 65.3 cm³/mol. The highest BCUT2D eigenvalue weighted by atomic mass is 15.0. The van der Waals surface area contributed by atoms with E-state index in [2.05, 4.69) is 21.4 Å². The normalized spacial score (nSPS) is 9.65. The van der Waals surface area contributed by atoms with Gasteiger partial charge in [-0.3, -0.25) is 0 Å². The Bertz CT molecular complexity index is 557. The topological polar surface area (TPSA) is 61.6 Å². The van der Waals surface area contributed by atoms with Gasteiger partial charge in [-0.2, -0.15) is 5.26 Å². The Kier molecular flexibility index (Phi) is 3.31. The summed E-state index contributed by atoms with van der Waals surface area (Å²) in [5.41, 5.74) is 2.68. The third-order valence-corrected chi connectivity index (χ3v) is 2.35. The Morgan fingerprint density at radius 3 is 2.88 bits per heavy atom. The van der Waals surface area contributed by atoms with Crippen molar-refractivity contribution in [3.05, 3.63) is 53.5 Å². The first-order valence-corrected chi connectivity index (χ1v) is 5.30. The summed E-state index contributed by atoms with van der Waals surface area (Å²) in [6.45, 7) is 2.68. The first-order valence-electron chi connectivity index (χ1n) is 5.30. The van der Waals surface area contributed by atoms with E-state index in [0.717, 1.165) is 5.56 Å². The van der Waals surface area contributed by atoms with Crippen molar-refractivity contribution in [3.63, 3.8) is 0 Å². The summed E-state index contributed by atoms with van der Waals surface area (Å²) in [5, 5.41) is 12.0. The van der Waals surface area contributed by atoms with Crippen LogP contribution in [0.2, 0.25) is 0 Å². The molecule has 0 spiro atoms. The highest BCUT2D eigenvalue weighted by molar-refractivity contribution is 5.47. The van der Waals surface area contributed by atoms with Gasteiger partial charge >= 0.3 is 0 Å². The third kappa shape index (κ3) is 2.79. The smallest absolute Gasteiger partial charge is 0.182 e. The van der Waals surface area contributed by atoms with Gasteiger partial charge in [-0.15, -0.1) is 0 Å². The first kappa shape index (κ1) is 11.1. The fourth-order valence-electron chi connectivity index (χ4n) is 1.56. The second-order valence-electron chi connectivity index (χ2n) is 3.71. The van der Waals surface area contributed by atoms with Gasteiger partial charge in [0.25, 0.3) is 0 Å². The molecule has 0 amide bonds. The Hall–Kier alpha value is -2.41. The van der Waals surface area contributed by atoms with E-state index in [1.807, 2.05) is 31.2 Å². The SMILES string of the molecule is Cc1cccc(CNc2nccnc2C#N)c1. The Morgan fingerprint density at radius 2 is 2.12 bits per heavy atom. The van der Waals surface area contributed by atoms with Crippen LogP contribution in [0.3, 0.4) is 0 Å². The number of nitrogens with zero attached hydrogens (tertiary/aromatic N) is 3. The number of nitriles is 1. The molecule has 1 aromatic carbocycles. The highest BCUT2D eigenvalue weighted by Crippen LogP contribution is 2.10. The Balaban J connectivity index is 2.10. The maximum atomic E-state index is 8.87. The van der Waals surface area contributed by atoms with Gasteiger partial charge in [0, 0.05) is 18.9 Å². The predicted octanol–water partition coefficient (Wildman–Crippen LogP) is 2.27. The summed E-state index contributed by atoms with van der Waals surface area (Å²) >= 11 is 0. The maximum absolute atomic E-state index is 8.87. The van der Waals surface area contributed by atoms with Crippen LogP contribution >= 0.6 is 0 Å². The van der Waals surface area contributed by atoms with Gasteiger partial charge in [-0.1, -0.05) is 29.8 Å². The molecule has 0 radical (unpaired) electrons. The molecular weight excluding hydrogens is 212 g/mol. The maximum Gasteiger partial charge on any atom is 0.182 e. The molecular formula is C13H12N4. The second-order valence-corrected chi connectivity index (χ2v) is 3.71. The second kappa shape index (κ2) is 5.08. The van der Waals surface area contributed by atoms with Crippen LogP contribution in [-0.2, 0) is 6.54 Å². The van der Waals surface area contributed by atoms with Crippen molar-refractivity contribution in [2.75, 3.05) is 5.32 Å². The number of hydrogen-bond donors (Lipinski definition) is 1. The van der Waals surface area contributed by atoms with Gasteiger partial charge in [0.05, 0.1) is 0 Å². The largest absolute Gasteiger partial charge is 0.364 e. The first-order chi connectivity index (χ1) is 8.29. The monoisotopic (exact) mass is 224 g/mol. The van der Waals surface area contributed by atoms with Crippen molar-refractivity contribution in [1.29, 1.82) is 5.26 Å². The lowest BCUT2D eigenvalue weighted by Crippen LogP contribution is -2.04. The number of aryl methyl sites for hydroxylation is 1. The van der Waals surface area contributed by atoms with Gasteiger partial charge < -0.3 is 5.32 Å². The Labute approximate surface area is 100.0 Å². The summed E-state index contributed by atoms with van der Waals surface area (Å²) < 4.78 is 0. The van der Waals surface area contributed by atoms with Crippen LogP contribution in [0.5, 0.6) is 0 Å². The zero-order chi connectivity index (χ0) is 12.1. The van der Waals surface area contributed by atoms with E-state index in [-0.39, 0.29) is 0 Å². The average molecular weight is 224 g/mol. The minimum atomic E-state index is 0.320. The Morgan fingerprint density at radius 1 is 1.29 bits per heavy atom. The zero-order valence-electron chi connectivity index (χ0n) is 9.51. The lowest BCUT2D eigenvalue weighted by molar-refractivity contribution is 1.07. The molecule has 2 aromatic rings. The van der Waals surface area contributed by atoms with Crippen LogP contribution in [0.25, 0.3) is 0 Å². The van der Waals surface area contributed by atoms with E-state index in [9.17, 15) is 0 Å². The van der Waals surface area contributed by atoms with Crippen molar-refractivity contribution in [1.82, 2.24) is 9.97 Å². The van der Waals surface area contributed by atoms with Gasteiger partial charge in [0.2, 0.25) is 0 Å². The van der Waals surface area contributed by atoms with E-state index in [0.29, 0.717) is 18.1 Å². The third-order valence-electron chi connectivity index (χ3n) is 2.35. The molecule has 0 aliphatic carbocycles. The average Bonchev–Trinajstić information content (AvgIpc) is 2.37. The number of aromatic nitrogens is 2. The van der Waals surface area contributed by atoms with Crippen LogP contribution in [-0.4, -0.2) is 9.97 Å². The van der Waals surface area contributed by atoms with Gasteiger partial charge in [0.15, 0.2) is 11.5 Å². The highest BCUT2D eigenvalue weighted by Gasteiger charge is 2.02. The molecule has 0 saturated heterocycles. The molecule has 0 aliphatic heterocycles. The molecule has 4 heteroatoms. The number of nitrogens with one attached hydrogen (secondary N) is 1. The van der Waals surface area contributed by atoms with Crippen LogP contribution < -0.4 is 5.32 Å². The molecule has 17 heavy (non-hydrogen) atoms. The number of hydrogen-bond acceptors (Lipinski definition) is 4. The summed E-state index contributed by atoms with van der Waals surface area (Å²) in [7, 11) is 0. The van der Waals surface area contributed by atoms with Crippen molar-refractivity contribution in [2.45, 2.75) is 13.5 Å². The summed E-state index contributed by atoms with van der Waals surface area (Å²) in [4.78, 5) is 8.03. The molecule has 0 atom stereocenters. The van der Waals surface area contributed by atoms with Crippen LogP contribution in [0.4, 0.5) is 5.82 Å². The van der Waals surface area contributed by atoms with E-state index < -0.39 is 0 Å². The molecule has 1 aromatic heterocycles. The lowest BCUT2D eigenvalue weighted by atomic mass is 10.1. The van der Waals surface area contributed by atoms with Gasteiger partial charge in [-0.25, -0.2) is 9.97 Å². The van der Waals surface area contributed by atoms with Crippen LogP contribution in [0.1, 0.15) is 16.8 Å². The van der Waals surface area contributed by atoms with E-state index in [1.165, 1.54) is 11.8 Å². The molecule has 4 nitrogen and oxygen atoms in total. The number of benzene rings is 1. The van der Waals surface area contributed by atoms with Crippen LogP contribution in [0.15, 0.2) is 36.7 Å². The number of rotatable bonds is 3. The molecule has 1 N–H and O–H groups in total. The molecule has 0 aliphatic rings. The minimum absolute atomic E-state index is 0.320. The van der Waals surface area contributed by atoms with Crippen molar-refractivity contribution < 1.29 is 0 Å². The molecule has 84 valence electrons. The molecule has 2 rings (SSSR count). The fourth-order valence-corrected chi connectivity index (χ4v) is 1.56. The van der Waals surface area contributed by atoms with Crippen molar-refractivity contribution in [2.24, 2.45) is 0 Å². The quantitative estimate of drug-likeness (QED) is 0.868. The summed E-state index contributed by atoms with van der Waals surface area (Å²) in [6, 6.07) is 10.2. The molecule has 0 unspecified atom stereocenters. The molecule has 0 bridgehead atoms. The summed E-state index contributed by atoms with van der Waals surface area (Å²) in [5.74, 6) is 0.525. The molecule has 0 fully saturated rings. The minimum Gasteiger partial charge on any atom is -0.364 e. The number of anilines is 1. The van der Waals surface area contributed by atoms with E-state index >= 15 is 0 Å². The van der Waals surface area contributed by atoms with E-state index in [1.54, 1.807) is 6.20 Å². The lowest BCUT2D eigenvalue weighted by Gasteiger charge is -2.06. The zero-order valence-corrected chi connectivity index (χ0v) is 9.51. The van der Waals surface area contributed by atoms with Gasteiger partial charge in [0.1, 0.15) is 6.07 Å². The fraction of sp³-hybridized carbons (Fsp3) is 0.154.